The number of ether oxygens (including phenoxy) is 1. The van der Waals surface area contributed by atoms with Crippen LogP contribution in [-0.2, 0) is 12.8 Å². The highest BCUT2D eigenvalue weighted by Crippen LogP contribution is 2.29. The van der Waals surface area contributed by atoms with Crippen molar-refractivity contribution >= 4 is 5.65 Å². The number of pyridine rings is 2. The van der Waals surface area contributed by atoms with Gasteiger partial charge in [0.1, 0.15) is 23.1 Å². The summed E-state index contributed by atoms with van der Waals surface area (Å²) >= 11 is 0. The molecule has 0 N–H and O–H groups in total. The Kier molecular flexibility index (Phi) is 5.71. The summed E-state index contributed by atoms with van der Waals surface area (Å²) in [5, 5.41) is 0. The van der Waals surface area contributed by atoms with Crippen LogP contribution in [-0.4, -0.2) is 31.4 Å². The van der Waals surface area contributed by atoms with Gasteiger partial charge in [-0.25, -0.2) is 13.8 Å². The van der Waals surface area contributed by atoms with Crippen molar-refractivity contribution in [2.45, 2.75) is 19.8 Å². The minimum absolute atomic E-state index is 0.415. The van der Waals surface area contributed by atoms with Gasteiger partial charge < -0.3 is 4.74 Å². The first-order valence-corrected chi connectivity index (χ1v) is 10.7. The third-order valence-electron chi connectivity index (χ3n) is 5.61. The molecule has 0 amide bonds. The maximum Gasteiger partial charge on any atom is 0.159 e. The van der Waals surface area contributed by atoms with Crippen LogP contribution in [0.25, 0.3) is 28.2 Å². The topological polar surface area (TPSA) is 65.2 Å². The van der Waals surface area contributed by atoms with E-state index in [1.165, 1.54) is 12.1 Å². The zero-order valence-corrected chi connectivity index (χ0v) is 18.7. The van der Waals surface area contributed by atoms with Gasteiger partial charge >= 0.3 is 0 Å². The number of benzene rings is 1. The zero-order valence-electron chi connectivity index (χ0n) is 18.7. The fourth-order valence-electron chi connectivity index (χ4n) is 4.01. The van der Waals surface area contributed by atoms with E-state index in [2.05, 4.69) is 19.9 Å². The van der Waals surface area contributed by atoms with Gasteiger partial charge in [0.25, 0.3) is 0 Å². The monoisotopic (exact) mass is 457 g/mol. The van der Waals surface area contributed by atoms with Crippen LogP contribution in [0.2, 0.25) is 0 Å². The first-order valence-electron chi connectivity index (χ1n) is 10.7. The zero-order chi connectivity index (χ0) is 23.7. The number of hydrogen-bond donors (Lipinski definition) is 0. The van der Waals surface area contributed by atoms with E-state index >= 15 is 0 Å². The van der Waals surface area contributed by atoms with Gasteiger partial charge in [-0.1, -0.05) is 0 Å². The first kappa shape index (κ1) is 21.6. The summed E-state index contributed by atoms with van der Waals surface area (Å²) in [6.45, 7) is 1.93. The van der Waals surface area contributed by atoms with Gasteiger partial charge in [-0.15, -0.1) is 0 Å². The Hall–Kier alpha value is -4.20. The summed E-state index contributed by atoms with van der Waals surface area (Å²) in [6, 6.07) is 9.28. The molecule has 0 spiro atoms. The molecule has 0 bridgehead atoms. The molecule has 8 heteroatoms. The van der Waals surface area contributed by atoms with Gasteiger partial charge in [0.2, 0.25) is 0 Å². The third-order valence-corrected chi connectivity index (χ3v) is 5.61. The Morgan fingerprint density at radius 1 is 0.853 bits per heavy atom. The molecule has 0 unspecified atom stereocenters. The first-order chi connectivity index (χ1) is 16.5. The molecule has 0 fully saturated rings. The maximum absolute atomic E-state index is 13.7. The fraction of sp³-hybridized carbons (Fsp3) is 0.154. The molecule has 0 saturated heterocycles. The van der Waals surface area contributed by atoms with E-state index in [0.717, 1.165) is 34.3 Å². The normalized spacial score (nSPS) is 11.2. The summed E-state index contributed by atoms with van der Waals surface area (Å²) < 4.78 is 34.8. The van der Waals surface area contributed by atoms with Crippen LogP contribution in [0.15, 0.2) is 67.4 Å². The van der Waals surface area contributed by atoms with Gasteiger partial charge in [-0.2, -0.15) is 0 Å². The Morgan fingerprint density at radius 3 is 2.44 bits per heavy atom. The van der Waals surface area contributed by atoms with E-state index in [-0.39, 0.29) is 0 Å². The van der Waals surface area contributed by atoms with Crippen LogP contribution in [0, 0.1) is 18.6 Å². The molecule has 5 rings (SSSR count). The number of methoxy groups -OCH3 is 1. The average molecular weight is 457 g/mol. The van der Waals surface area contributed by atoms with E-state index in [4.69, 9.17) is 4.74 Å². The van der Waals surface area contributed by atoms with Gasteiger partial charge in [-0.05, 0) is 55.7 Å². The van der Waals surface area contributed by atoms with Gasteiger partial charge in [0, 0.05) is 47.7 Å². The summed E-state index contributed by atoms with van der Waals surface area (Å²) in [7, 11) is 1.63. The average Bonchev–Trinajstić information content (AvgIpc) is 3.27. The summed E-state index contributed by atoms with van der Waals surface area (Å²) in [6.07, 6.45) is 9.87. The molecular weight excluding hydrogens is 436 g/mol. The molecule has 34 heavy (non-hydrogen) atoms. The SMILES string of the molecule is COc1cc(CCc2nccn3c(-c4cc(F)cc(F)c4)cnc23)cnc1-c1ccnc(C)c1. The standard InChI is InChI=1S/C26H21F2N5O/c1-16-9-18(5-6-29-16)25-24(34-2)10-17(14-31-25)3-4-22-26-32-15-23(33(26)8-7-30-22)19-11-20(27)13-21(28)12-19/h5-15H,3-4H2,1-2H3. The largest absolute Gasteiger partial charge is 0.494 e. The Labute approximate surface area is 195 Å². The van der Waals surface area contributed by atoms with E-state index in [1.807, 2.05) is 31.3 Å². The Morgan fingerprint density at radius 2 is 1.68 bits per heavy atom. The van der Waals surface area contributed by atoms with Gasteiger partial charge in [-0.3, -0.25) is 19.4 Å². The second-order valence-electron chi connectivity index (χ2n) is 7.95. The number of aryl methyl sites for hydroxylation is 3. The smallest absolute Gasteiger partial charge is 0.159 e. The number of nitrogens with zero attached hydrogens (tertiary/aromatic N) is 5. The van der Waals surface area contributed by atoms with Crippen molar-refractivity contribution in [1.82, 2.24) is 24.3 Å². The molecule has 4 aromatic heterocycles. The van der Waals surface area contributed by atoms with E-state index in [0.29, 0.717) is 35.5 Å². The molecule has 1 aromatic carbocycles. The van der Waals surface area contributed by atoms with E-state index in [1.54, 1.807) is 36.3 Å². The van der Waals surface area contributed by atoms with Crippen molar-refractivity contribution in [1.29, 1.82) is 0 Å². The van der Waals surface area contributed by atoms with Crippen LogP contribution in [0.4, 0.5) is 8.78 Å². The lowest BCUT2D eigenvalue weighted by atomic mass is 10.1. The summed E-state index contributed by atoms with van der Waals surface area (Å²) in [4.78, 5) is 17.8. The van der Waals surface area contributed by atoms with Crippen LogP contribution >= 0.6 is 0 Å². The molecule has 4 heterocycles. The number of hydrogen-bond acceptors (Lipinski definition) is 5. The van der Waals surface area contributed by atoms with Crippen molar-refractivity contribution in [2.75, 3.05) is 7.11 Å². The summed E-state index contributed by atoms with van der Waals surface area (Å²) in [5.74, 6) is -0.581. The van der Waals surface area contributed by atoms with Crippen LogP contribution in [0.5, 0.6) is 5.75 Å². The van der Waals surface area contributed by atoms with E-state index < -0.39 is 11.6 Å². The molecular formula is C26H21F2N5O. The predicted molar refractivity (Wildman–Crippen MR) is 125 cm³/mol. The lowest BCUT2D eigenvalue weighted by Crippen LogP contribution is -2.01. The quantitative estimate of drug-likeness (QED) is 0.349. The molecule has 170 valence electrons. The number of fused-ring (bicyclic) bond motifs is 1. The second-order valence-corrected chi connectivity index (χ2v) is 7.95. The number of imidazole rings is 1. The molecule has 0 aliphatic heterocycles. The molecule has 5 aromatic rings. The van der Waals surface area contributed by atoms with Crippen LogP contribution in [0.1, 0.15) is 17.0 Å². The lowest BCUT2D eigenvalue weighted by Gasteiger charge is -2.11. The Balaban J connectivity index is 1.42. The highest BCUT2D eigenvalue weighted by Gasteiger charge is 2.14. The third kappa shape index (κ3) is 4.22. The molecule has 0 aliphatic carbocycles. The minimum atomic E-state index is -0.633. The van der Waals surface area contributed by atoms with Crippen molar-refractivity contribution in [3.63, 3.8) is 0 Å². The molecule has 0 radical (unpaired) electrons. The van der Waals surface area contributed by atoms with Crippen LogP contribution in [0.3, 0.4) is 0 Å². The van der Waals surface area contributed by atoms with Crippen molar-refractivity contribution in [3.05, 3.63) is 96.0 Å². The van der Waals surface area contributed by atoms with E-state index in [9.17, 15) is 8.78 Å². The molecule has 6 nitrogen and oxygen atoms in total. The molecule has 0 aliphatic rings. The molecule has 0 atom stereocenters. The van der Waals surface area contributed by atoms with Crippen molar-refractivity contribution in [3.8, 4) is 28.3 Å². The minimum Gasteiger partial charge on any atom is -0.494 e. The van der Waals surface area contributed by atoms with Gasteiger partial charge in [0.05, 0.1) is 24.7 Å². The lowest BCUT2D eigenvalue weighted by molar-refractivity contribution is 0.414. The Bertz CT molecular complexity index is 1480. The number of rotatable bonds is 6. The van der Waals surface area contributed by atoms with Gasteiger partial charge in [0.15, 0.2) is 5.65 Å². The summed E-state index contributed by atoms with van der Waals surface area (Å²) in [5.41, 5.74) is 6.04. The van der Waals surface area contributed by atoms with Crippen LogP contribution < -0.4 is 4.74 Å². The molecule has 0 saturated carbocycles. The fourth-order valence-corrected chi connectivity index (χ4v) is 4.01. The highest BCUT2D eigenvalue weighted by molar-refractivity contribution is 5.67. The van der Waals surface area contributed by atoms with Crippen molar-refractivity contribution < 1.29 is 13.5 Å². The number of halogens is 2. The maximum atomic E-state index is 13.7. The number of aromatic nitrogens is 5. The highest BCUT2D eigenvalue weighted by atomic mass is 19.1. The second kappa shape index (κ2) is 8.97. The predicted octanol–water partition coefficient (Wildman–Crippen LogP) is 5.23. The van der Waals surface area contributed by atoms with Crippen molar-refractivity contribution in [2.24, 2.45) is 0 Å².